The predicted molar refractivity (Wildman–Crippen MR) is 89.0 cm³/mol. The number of anilines is 1. The number of carbonyl (C=O) groups is 1. The third-order valence-corrected chi connectivity index (χ3v) is 3.63. The van der Waals surface area contributed by atoms with E-state index in [4.69, 9.17) is 16.3 Å². The van der Waals surface area contributed by atoms with E-state index in [1.165, 1.54) is 10.9 Å². The molecule has 0 bridgehead atoms. The van der Waals surface area contributed by atoms with Crippen molar-refractivity contribution < 1.29 is 9.53 Å². The predicted octanol–water partition coefficient (Wildman–Crippen LogP) is 2.58. The van der Waals surface area contributed by atoms with Gasteiger partial charge >= 0.3 is 5.97 Å². The van der Waals surface area contributed by atoms with Gasteiger partial charge in [0.2, 0.25) is 0 Å². The third-order valence-electron chi connectivity index (χ3n) is 3.26. The summed E-state index contributed by atoms with van der Waals surface area (Å²) in [6, 6.07) is 8.82. The van der Waals surface area contributed by atoms with Crippen molar-refractivity contribution in [3.05, 3.63) is 57.5 Å². The smallest absolute Gasteiger partial charge is 0.338 e. The summed E-state index contributed by atoms with van der Waals surface area (Å²) in [5, 5.41) is 6.97. The molecule has 0 fully saturated rings. The number of benzene rings is 1. The monoisotopic (exact) mass is 335 g/mol. The summed E-state index contributed by atoms with van der Waals surface area (Å²) in [4.78, 5) is 23.7. The van der Waals surface area contributed by atoms with Gasteiger partial charge in [0.05, 0.1) is 24.1 Å². The minimum atomic E-state index is -0.345. The molecule has 7 heteroatoms. The molecule has 1 aromatic heterocycles. The first-order chi connectivity index (χ1) is 11.1. The second-order valence-electron chi connectivity index (χ2n) is 4.86. The summed E-state index contributed by atoms with van der Waals surface area (Å²) >= 11 is 5.94. The molecule has 23 heavy (non-hydrogen) atoms. The summed E-state index contributed by atoms with van der Waals surface area (Å²) in [7, 11) is 1.67. The second-order valence-corrected chi connectivity index (χ2v) is 5.24. The number of hydrogen-bond donors (Lipinski definition) is 1. The van der Waals surface area contributed by atoms with Gasteiger partial charge in [0.25, 0.3) is 5.56 Å². The Kier molecular flexibility index (Phi) is 6.17. The van der Waals surface area contributed by atoms with Crippen molar-refractivity contribution in [2.24, 2.45) is 0 Å². The van der Waals surface area contributed by atoms with Crippen LogP contribution in [0.2, 0.25) is 5.02 Å². The maximum Gasteiger partial charge on any atom is 0.338 e. The first-order valence-corrected chi connectivity index (χ1v) is 7.67. The van der Waals surface area contributed by atoms with Crippen LogP contribution in [-0.2, 0) is 11.3 Å². The van der Waals surface area contributed by atoms with E-state index >= 15 is 0 Å². The van der Waals surface area contributed by atoms with Crippen molar-refractivity contribution in [1.29, 1.82) is 0 Å². The van der Waals surface area contributed by atoms with Gasteiger partial charge in [-0.1, -0.05) is 29.8 Å². The van der Waals surface area contributed by atoms with Crippen LogP contribution in [0, 0.1) is 0 Å². The SMILES string of the molecule is CNc1cnn(CCCCOC(=O)c2ccccc2)c(=O)c1Cl. The van der Waals surface area contributed by atoms with Gasteiger partial charge in [-0.05, 0) is 25.0 Å². The maximum absolute atomic E-state index is 11.9. The van der Waals surface area contributed by atoms with Gasteiger partial charge in [-0.2, -0.15) is 5.10 Å². The molecule has 2 rings (SSSR count). The molecule has 0 aliphatic heterocycles. The number of ether oxygens (including phenoxy) is 1. The summed E-state index contributed by atoms with van der Waals surface area (Å²) in [5.41, 5.74) is 0.698. The maximum atomic E-state index is 11.9. The molecule has 0 aliphatic rings. The van der Waals surface area contributed by atoms with Gasteiger partial charge in [-0.15, -0.1) is 0 Å². The number of hydrogen-bond acceptors (Lipinski definition) is 5. The van der Waals surface area contributed by atoms with Crippen molar-refractivity contribution in [2.75, 3.05) is 19.0 Å². The van der Waals surface area contributed by atoms with E-state index in [9.17, 15) is 9.59 Å². The van der Waals surface area contributed by atoms with Crippen LogP contribution in [0.25, 0.3) is 0 Å². The van der Waals surface area contributed by atoms with Crippen LogP contribution < -0.4 is 10.9 Å². The molecule has 0 aliphatic carbocycles. The number of halogens is 1. The average Bonchev–Trinajstić information content (AvgIpc) is 2.59. The Morgan fingerprint density at radius 2 is 2.04 bits per heavy atom. The highest BCUT2D eigenvalue weighted by Crippen LogP contribution is 2.13. The summed E-state index contributed by atoms with van der Waals surface area (Å²) < 4.78 is 6.48. The molecule has 0 radical (unpaired) electrons. The Hall–Kier alpha value is -2.34. The fraction of sp³-hybridized carbons (Fsp3) is 0.312. The van der Waals surface area contributed by atoms with Gasteiger partial charge in [-0.25, -0.2) is 9.48 Å². The first kappa shape index (κ1) is 17.0. The lowest BCUT2D eigenvalue weighted by atomic mass is 10.2. The quantitative estimate of drug-likeness (QED) is 0.622. The Morgan fingerprint density at radius 3 is 2.74 bits per heavy atom. The highest BCUT2D eigenvalue weighted by atomic mass is 35.5. The van der Waals surface area contributed by atoms with Crippen LogP contribution in [0.4, 0.5) is 5.69 Å². The molecular weight excluding hydrogens is 318 g/mol. The number of esters is 1. The summed E-state index contributed by atoms with van der Waals surface area (Å²) in [6.07, 6.45) is 2.81. The molecule has 0 spiro atoms. The van der Waals surface area contributed by atoms with E-state index in [0.717, 1.165) is 0 Å². The topological polar surface area (TPSA) is 73.2 Å². The Bertz CT molecular complexity index is 716. The summed E-state index contributed by atoms with van der Waals surface area (Å²) in [5.74, 6) is -0.345. The van der Waals surface area contributed by atoms with Crippen LogP contribution in [0.3, 0.4) is 0 Å². The zero-order valence-electron chi connectivity index (χ0n) is 12.8. The van der Waals surface area contributed by atoms with Crippen molar-refractivity contribution in [3.8, 4) is 0 Å². The molecule has 0 amide bonds. The lowest BCUT2D eigenvalue weighted by molar-refractivity contribution is 0.0497. The molecule has 2 aromatic rings. The fourth-order valence-electron chi connectivity index (χ4n) is 1.98. The van der Waals surface area contributed by atoms with Crippen molar-refractivity contribution in [2.45, 2.75) is 19.4 Å². The molecule has 1 heterocycles. The van der Waals surface area contributed by atoms with Crippen molar-refractivity contribution >= 4 is 23.3 Å². The van der Waals surface area contributed by atoms with Crippen LogP contribution in [0.5, 0.6) is 0 Å². The first-order valence-electron chi connectivity index (χ1n) is 7.29. The lowest BCUT2D eigenvalue weighted by Crippen LogP contribution is -2.24. The van der Waals surface area contributed by atoms with Gasteiger partial charge < -0.3 is 10.1 Å². The molecular formula is C16H18ClN3O3. The Balaban J connectivity index is 1.77. The Morgan fingerprint density at radius 1 is 1.30 bits per heavy atom. The number of rotatable bonds is 7. The molecule has 122 valence electrons. The van der Waals surface area contributed by atoms with E-state index in [2.05, 4.69) is 10.4 Å². The largest absolute Gasteiger partial charge is 0.462 e. The standard InChI is InChI=1S/C16H18ClN3O3/c1-18-13-11-19-20(15(21)14(13)17)9-5-6-10-23-16(22)12-7-3-2-4-8-12/h2-4,7-8,11,18H,5-6,9-10H2,1H3. The van der Waals surface area contributed by atoms with Gasteiger partial charge in [0.1, 0.15) is 5.02 Å². The van der Waals surface area contributed by atoms with Gasteiger partial charge in [-0.3, -0.25) is 4.79 Å². The number of aromatic nitrogens is 2. The van der Waals surface area contributed by atoms with E-state index < -0.39 is 0 Å². The van der Waals surface area contributed by atoms with Crippen LogP contribution in [0.15, 0.2) is 41.3 Å². The zero-order chi connectivity index (χ0) is 16.7. The molecule has 0 saturated heterocycles. The fourth-order valence-corrected chi connectivity index (χ4v) is 2.23. The molecule has 6 nitrogen and oxygen atoms in total. The third kappa shape index (κ3) is 4.56. The van der Waals surface area contributed by atoms with E-state index in [1.54, 1.807) is 31.3 Å². The summed E-state index contributed by atoms with van der Waals surface area (Å²) in [6.45, 7) is 0.718. The molecule has 1 aromatic carbocycles. The highest BCUT2D eigenvalue weighted by molar-refractivity contribution is 6.32. The highest BCUT2D eigenvalue weighted by Gasteiger charge is 2.08. The van der Waals surface area contributed by atoms with E-state index in [0.29, 0.717) is 37.2 Å². The van der Waals surface area contributed by atoms with E-state index in [-0.39, 0.29) is 16.6 Å². The number of unbranched alkanes of at least 4 members (excludes halogenated alkanes) is 1. The normalized spacial score (nSPS) is 10.3. The van der Waals surface area contributed by atoms with Crippen LogP contribution in [0.1, 0.15) is 23.2 Å². The lowest BCUT2D eigenvalue weighted by Gasteiger charge is -2.08. The van der Waals surface area contributed by atoms with E-state index in [1.807, 2.05) is 6.07 Å². The molecule has 1 N–H and O–H groups in total. The van der Waals surface area contributed by atoms with Gasteiger partial charge in [0, 0.05) is 13.6 Å². The molecule has 0 atom stereocenters. The van der Waals surface area contributed by atoms with Gasteiger partial charge in [0.15, 0.2) is 0 Å². The minimum absolute atomic E-state index is 0.123. The number of carbonyl (C=O) groups excluding carboxylic acids is 1. The number of nitrogens with zero attached hydrogens (tertiary/aromatic N) is 2. The van der Waals surface area contributed by atoms with Crippen molar-refractivity contribution in [3.63, 3.8) is 0 Å². The zero-order valence-corrected chi connectivity index (χ0v) is 13.5. The average molecular weight is 336 g/mol. The van der Waals surface area contributed by atoms with Crippen LogP contribution >= 0.6 is 11.6 Å². The molecule has 0 saturated carbocycles. The van der Waals surface area contributed by atoms with Crippen LogP contribution in [-0.4, -0.2) is 29.4 Å². The Labute approximate surface area is 139 Å². The molecule has 0 unspecified atom stereocenters. The second kappa shape index (κ2) is 8.33. The minimum Gasteiger partial charge on any atom is -0.462 e. The van der Waals surface area contributed by atoms with Crippen molar-refractivity contribution in [1.82, 2.24) is 9.78 Å². The number of aryl methyl sites for hydroxylation is 1. The number of nitrogens with one attached hydrogen (secondary N) is 1.